The first-order chi connectivity index (χ1) is 15.6. The van der Waals surface area contributed by atoms with Gasteiger partial charge in [0.1, 0.15) is 6.04 Å². The molecule has 2 aromatic rings. The molecule has 0 saturated carbocycles. The summed E-state index contributed by atoms with van der Waals surface area (Å²) < 4.78 is 0. The fourth-order valence-electron chi connectivity index (χ4n) is 5.61. The highest BCUT2D eigenvalue weighted by Gasteiger charge is 2.29. The SMILES string of the molecule is C[C@@H]1C[C@H](c2ccc(C3C=N3)c3ncccc23)CN(CC(=O)NCC2CCN(C)CC2)C1. The second-order valence-corrected chi connectivity index (χ2v) is 10.2. The van der Waals surface area contributed by atoms with Crippen LogP contribution in [0, 0.1) is 11.8 Å². The number of nitrogens with zero attached hydrogens (tertiary/aromatic N) is 4. The first-order valence-corrected chi connectivity index (χ1v) is 12.1. The molecule has 2 saturated heterocycles. The highest BCUT2D eigenvalue weighted by atomic mass is 16.2. The van der Waals surface area contributed by atoms with Crippen molar-refractivity contribution in [2.45, 2.75) is 38.1 Å². The second-order valence-electron chi connectivity index (χ2n) is 10.2. The molecule has 0 aliphatic carbocycles. The van der Waals surface area contributed by atoms with Crippen LogP contribution in [0.15, 0.2) is 35.5 Å². The van der Waals surface area contributed by atoms with Crippen LogP contribution in [0.1, 0.15) is 49.3 Å². The Kier molecular flexibility index (Phi) is 6.24. The van der Waals surface area contributed by atoms with E-state index < -0.39 is 0 Å². The Hall–Kier alpha value is -2.31. The normalized spacial score (nSPS) is 27.0. The Morgan fingerprint density at radius 2 is 1.94 bits per heavy atom. The molecule has 2 fully saturated rings. The van der Waals surface area contributed by atoms with Crippen molar-refractivity contribution in [2.75, 3.05) is 46.3 Å². The zero-order chi connectivity index (χ0) is 22.1. The van der Waals surface area contributed by atoms with Crippen LogP contribution < -0.4 is 5.32 Å². The molecule has 1 amide bonds. The van der Waals surface area contributed by atoms with Crippen molar-refractivity contribution < 1.29 is 4.79 Å². The van der Waals surface area contributed by atoms with Crippen molar-refractivity contribution in [3.05, 3.63) is 41.6 Å². The fraction of sp³-hybridized carbons (Fsp3) is 0.577. The van der Waals surface area contributed by atoms with Gasteiger partial charge in [0.2, 0.25) is 5.91 Å². The average Bonchev–Trinajstić information content (AvgIpc) is 3.63. The van der Waals surface area contributed by atoms with Crippen molar-refractivity contribution in [3.8, 4) is 0 Å². The average molecular weight is 434 g/mol. The van der Waals surface area contributed by atoms with E-state index in [2.05, 4.69) is 52.3 Å². The molecule has 3 aliphatic rings. The Morgan fingerprint density at radius 1 is 1.16 bits per heavy atom. The van der Waals surface area contributed by atoms with E-state index in [-0.39, 0.29) is 11.9 Å². The topological polar surface area (TPSA) is 60.8 Å². The summed E-state index contributed by atoms with van der Waals surface area (Å²) in [5, 5.41) is 4.46. The molecule has 170 valence electrons. The Morgan fingerprint density at radius 3 is 2.72 bits per heavy atom. The van der Waals surface area contributed by atoms with Gasteiger partial charge in [-0.3, -0.25) is 19.7 Å². The third-order valence-electron chi connectivity index (χ3n) is 7.42. The number of carbonyl (C=O) groups excluding carboxylic acids is 1. The first kappa shape index (κ1) is 21.5. The van der Waals surface area contributed by atoms with Crippen LogP contribution in [0.4, 0.5) is 0 Å². The van der Waals surface area contributed by atoms with Gasteiger partial charge in [-0.05, 0) is 68.8 Å². The van der Waals surface area contributed by atoms with Gasteiger partial charge in [0.05, 0.1) is 12.1 Å². The van der Waals surface area contributed by atoms with Crippen LogP contribution in [0.2, 0.25) is 0 Å². The Bertz CT molecular complexity index is 991. The van der Waals surface area contributed by atoms with E-state index in [1.54, 1.807) is 0 Å². The van der Waals surface area contributed by atoms with E-state index in [1.165, 1.54) is 29.4 Å². The molecule has 0 spiro atoms. The number of likely N-dealkylation sites (tertiary alicyclic amines) is 2. The van der Waals surface area contributed by atoms with Gasteiger partial charge in [0, 0.05) is 43.0 Å². The molecule has 0 bridgehead atoms. The van der Waals surface area contributed by atoms with Crippen LogP contribution in [-0.2, 0) is 4.79 Å². The number of rotatable bonds is 6. The maximum atomic E-state index is 12.7. The number of benzene rings is 1. The number of carbonyl (C=O) groups is 1. The van der Waals surface area contributed by atoms with Gasteiger partial charge >= 0.3 is 0 Å². The number of aromatic nitrogens is 1. The van der Waals surface area contributed by atoms with E-state index >= 15 is 0 Å². The third-order valence-corrected chi connectivity index (χ3v) is 7.42. The number of amides is 1. The van der Waals surface area contributed by atoms with Crippen LogP contribution in [0.25, 0.3) is 10.9 Å². The van der Waals surface area contributed by atoms with Gasteiger partial charge in [-0.25, -0.2) is 0 Å². The number of aliphatic imine (C=N–C) groups is 1. The lowest BCUT2D eigenvalue weighted by atomic mass is 9.83. The standard InChI is InChI=1S/C26H35N5O/c1-18-12-20(21-5-6-23(24-14-28-24)26-22(21)4-3-9-27-26)16-31(15-18)17-25(32)29-13-19-7-10-30(2)11-8-19/h3-6,9,14,18-20,24H,7-8,10-13,15-17H2,1-2H3,(H,29,32)/t18-,20+,24?/m1/s1. The lowest BCUT2D eigenvalue weighted by molar-refractivity contribution is -0.123. The fourth-order valence-corrected chi connectivity index (χ4v) is 5.61. The molecule has 32 heavy (non-hydrogen) atoms. The molecular weight excluding hydrogens is 398 g/mol. The van der Waals surface area contributed by atoms with E-state index in [0.717, 1.165) is 44.7 Å². The van der Waals surface area contributed by atoms with Crippen molar-refractivity contribution in [1.82, 2.24) is 20.1 Å². The number of nitrogens with one attached hydrogen (secondary N) is 1. The maximum Gasteiger partial charge on any atom is 0.234 e. The summed E-state index contributed by atoms with van der Waals surface area (Å²) in [7, 11) is 2.18. The van der Waals surface area contributed by atoms with Gasteiger partial charge in [-0.15, -0.1) is 0 Å². The molecule has 1 N–H and O–H groups in total. The van der Waals surface area contributed by atoms with Crippen LogP contribution in [0.5, 0.6) is 0 Å². The number of piperidine rings is 2. The highest BCUT2D eigenvalue weighted by molar-refractivity contribution is 5.92. The number of hydrogen-bond donors (Lipinski definition) is 1. The predicted molar refractivity (Wildman–Crippen MR) is 129 cm³/mol. The smallest absolute Gasteiger partial charge is 0.234 e. The summed E-state index contributed by atoms with van der Waals surface area (Å²) in [6, 6.07) is 8.92. The monoisotopic (exact) mass is 433 g/mol. The number of pyridine rings is 1. The van der Waals surface area contributed by atoms with Crippen molar-refractivity contribution in [1.29, 1.82) is 0 Å². The zero-order valence-corrected chi connectivity index (χ0v) is 19.3. The quantitative estimate of drug-likeness (QED) is 0.760. The molecule has 1 aromatic heterocycles. The van der Waals surface area contributed by atoms with Crippen LogP contribution in [0.3, 0.4) is 0 Å². The minimum atomic E-state index is 0.171. The molecule has 1 aromatic carbocycles. The van der Waals surface area contributed by atoms with Crippen molar-refractivity contribution in [2.24, 2.45) is 16.8 Å². The maximum absolute atomic E-state index is 12.7. The van der Waals surface area contributed by atoms with Gasteiger partial charge in [-0.2, -0.15) is 0 Å². The predicted octanol–water partition coefficient (Wildman–Crippen LogP) is 3.24. The lowest BCUT2D eigenvalue weighted by Crippen LogP contribution is -2.45. The number of hydrogen-bond acceptors (Lipinski definition) is 5. The molecule has 1 unspecified atom stereocenters. The lowest BCUT2D eigenvalue weighted by Gasteiger charge is -2.37. The number of fused-ring (bicyclic) bond motifs is 1. The molecular formula is C26H35N5O. The summed E-state index contributed by atoms with van der Waals surface area (Å²) in [5.74, 6) is 1.77. The van der Waals surface area contributed by atoms with Crippen molar-refractivity contribution >= 4 is 23.0 Å². The van der Waals surface area contributed by atoms with Gasteiger partial charge in [0.25, 0.3) is 0 Å². The molecule has 4 heterocycles. The molecule has 3 aliphatic heterocycles. The summed E-state index contributed by atoms with van der Waals surface area (Å²) >= 11 is 0. The van der Waals surface area contributed by atoms with E-state index in [4.69, 9.17) is 4.98 Å². The van der Waals surface area contributed by atoms with Crippen LogP contribution >= 0.6 is 0 Å². The minimum Gasteiger partial charge on any atom is -0.355 e. The molecule has 6 heteroatoms. The second kappa shape index (κ2) is 9.28. The summed E-state index contributed by atoms with van der Waals surface area (Å²) in [6.45, 7) is 7.82. The van der Waals surface area contributed by atoms with Gasteiger partial charge in [-0.1, -0.05) is 25.1 Å². The summed E-state index contributed by atoms with van der Waals surface area (Å²) in [5.41, 5.74) is 3.65. The highest BCUT2D eigenvalue weighted by Crippen LogP contribution is 2.37. The van der Waals surface area contributed by atoms with Crippen molar-refractivity contribution in [3.63, 3.8) is 0 Å². The molecule has 6 nitrogen and oxygen atoms in total. The Balaban J connectivity index is 1.24. The summed E-state index contributed by atoms with van der Waals surface area (Å²) in [4.78, 5) is 26.5. The molecule has 5 rings (SSSR count). The van der Waals surface area contributed by atoms with E-state index in [1.807, 2.05) is 18.5 Å². The summed E-state index contributed by atoms with van der Waals surface area (Å²) in [6.07, 6.45) is 7.38. The van der Waals surface area contributed by atoms with Gasteiger partial charge < -0.3 is 10.2 Å². The van der Waals surface area contributed by atoms with Crippen LogP contribution in [-0.4, -0.2) is 73.2 Å². The largest absolute Gasteiger partial charge is 0.355 e. The van der Waals surface area contributed by atoms with E-state index in [0.29, 0.717) is 24.3 Å². The molecule has 0 radical (unpaired) electrons. The zero-order valence-electron chi connectivity index (χ0n) is 19.3. The van der Waals surface area contributed by atoms with E-state index in [9.17, 15) is 4.79 Å². The Labute approximate surface area is 191 Å². The minimum absolute atomic E-state index is 0.171. The molecule has 3 atom stereocenters. The first-order valence-electron chi connectivity index (χ1n) is 12.1. The third kappa shape index (κ3) is 4.86. The van der Waals surface area contributed by atoms with Gasteiger partial charge in [0.15, 0.2) is 0 Å².